The number of hydrogen-bond acceptors (Lipinski definition) is 7. The normalized spacial score (nSPS) is 35.7. The minimum absolute atomic E-state index is 0.0382. The molecule has 0 aromatic carbocycles. The lowest BCUT2D eigenvalue weighted by Crippen LogP contribution is -2.50. The molecule has 0 spiro atoms. The average Bonchev–Trinajstić information content (AvgIpc) is 3.60. The molecule has 5 aliphatic rings. The highest BCUT2D eigenvalue weighted by molar-refractivity contribution is 7.89. The van der Waals surface area contributed by atoms with E-state index >= 15 is 0 Å². The number of sulfonamides is 1. The van der Waals surface area contributed by atoms with Gasteiger partial charge in [0.2, 0.25) is 15.9 Å². The van der Waals surface area contributed by atoms with E-state index in [0.717, 1.165) is 45.2 Å². The first-order valence-corrected chi connectivity index (χ1v) is 16.2. The van der Waals surface area contributed by atoms with Crippen LogP contribution in [-0.4, -0.2) is 110 Å². The van der Waals surface area contributed by atoms with Crippen LogP contribution in [0.15, 0.2) is 0 Å². The van der Waals surface area contributed by atoms with E-state index in [4.69, 9.17) is 0 Å². The van der Waals surface area contributed by atoms with E-state index in [0.29, 0.717) is 63.7 Å². The Morgan fingerprint density at radius 1 is 0.947 bits per heavy atom. The summed E-state index contributed by atoms with van der Waals surface area (Å²) in [5, 5.41) is 16.9. The Morgan fingerprint density at radius 2 is 1.66 bits per heavy atom. The third kappa shape index (κ3) is 5.84. The molecule has 5 fully saturated rings. The molecule has 0 aromatic rings. The molecule has 12 heteroatoms. The number of rotatable bonds is 6. The highest BCUT2D eigenvalue weighted by Crippen LogP contribution is 2.39. The predicted octanol–water partition coefficient (Wildman–Crippen LogP) is 0.324. The fourth-order valence-corrected chi connectivity index (χ4v) is 9.64. The Kier molecular flexibility index (Phi) is 8.83. The maximum atomic E-state index is 13.4. The molecule has 4 heterocycles. The Morgan fingerprint density at radius 3 is 2.32 bits per heavy atom. The van der Waals surface area contributed by atoms with Crippen LogP contribution in [0.2, 0.25) is 0 Å². The van der Waals surface area contributed by atoms with Crippen LogP contribution in [0.1, 0.15) is 57.8 Å². The quantitative estimate of drug-likeness (QED) is 0.372. The highest BCUT2D eigenvalue weighted by atomic mass is 32.2. The Hall–Kier alpha value is -1.47. The second-order valence-electron chi connectivity index (χ2n) is 12.1. The van der Waals surface area contributed by atoms with Crippen LogP contribution in [0.4, 0.5) is 4.79 Å². The number of amides is 3. The summed E-state index contributed by atoms with van der Waals surface area (Å²) in [5.74, 6) is 1.41. The van der Waals surface area contributed by atoms with Gasteiger partial charge in [0, 0.05) is 70.9 Å². The SMILES string of the molecule is CNC(=O)NC1CCC(S(=O)(=O)N2CCC(C3CCN4NCC(C(=O)N5CCC(CO)C5)C4C3)CC2)CC1. The number of nitrogens with zero attached hydrogens (tertiary/aromatic N) is 3. The molecule has 0 radical (unpaired) electrons. The minimum atomic E-state index is -3.33. The number of aliphatic hydroxyl groups excluding tert-OH is 1. The van der Waals surface area contributed by atoms with Crippen molar-refractivity contribution < 1.29 is 23.1 Å². The molecule has 0 aromatic heterocycles. The molecule has 38 heavy (non-hydrogen) atoms. The maximum Gasteiger partial charge on any atom is 0.314 e. The lowest BCUT2D eigenvalue weighted by molar-refractivity contribution is -0.135. The summed E-state index contributed by atoms with van der Waals surface area (Å²) in [4.78, 5) is 26.9. The van der Waals surface area contributed by atoms with Crippen molar-refractivity contribution in [3.05, 3.63) is 0 Å². The first-order chi connectivity index (χ1) is 18.3. The Balaban J connectivity index is 1.11. The van der Waals surface area contributed by atoms with Crippen molar-refractivity contribution in [2.24, 2.45) is 23.7 Å². The summed E-state index contributed by atoms with van der Waals surface area (Å²) in [7, 11) is -1.74. The molecule has 1 saturated carbocycles. The van der Waals surface area contributed by atoms with Gasteiger partial charge in [0.25, 0.3) is 0 Å². The Bertz CT molecular complexity index is 950. The second-order valence-corrected chi connectivity index (χ2v) is 14.3. The summed E-state index contributed by atoms with van der Waals surface area (Å²) in [5.41, 5.74) is 3.46. The van der Waals surface area contributed by atoms with Crippen molar-refractivity contribution in [3.63, 3.8) is 0 Å². The summed E-state index contributed by atoms with van der Waals surface area (Å²) >= 11 is 0. The van der Waals surface area contributed by atoms with Gasteiger partial charge in [-0.05, 0) is 69.6 Å². The lowest BCUT2D eigenvalue weighted by Gasteiger charge is -2.43. The number of aliphatic hydroxyl groups is 1. The summed E-state index contributed by atoms with van der Waals surface area (Å²) in [6.07, 6.45) is 7.31. The largest absolute Gasteiger partial charge is 0.396 e. The van der Waals surface area contributed by atoms with Crippen LogP contribution in [0.25, 0.3) is 0 Å². The third-order valence-electron chi connectivity index (χ3n) is 10.0. The molecular formula is C26H46N6O5S. The van der Waals surface area contributed by atoms with E-state index in [2.05, 4.69) is 21.1 Å². The third-order valence-corrected chi connectivity index (χ3v) is 12.4. The van der Waals surface area contributed by atoms with Crippen molar-refractivity contribution >= 4 is 22.0 Å². The summed E-state index contributed by atoms with van der Waals surface area (Å²) in [6, 6.07) is 0.0369. The van der Waals surface area contributed by atoms with Gasteiger partial charge < -0.3 is 20.6 Å². The lowest BCUT2D eigenvalue weighted by atomic mass is 9.75. The van der Waals surface area contributed by atoms with Gasteiger partial charge in [-0.2, -0.15) is 0 Å². The van der Waals surface area contributed by atoms with Crippen LogP contribution >= 0.6 is 0 Å². The second kappa shape index (κ2) is 12.0. The fraction of sp³-hybridized carbons (Fsp3) is 0.923. The minimum Gasteiger partial charge on any atom is -0.396 e. The number of likely N-dealkylation sites (tertiary alicyclic amines) is 1. The zero-order chi connectivity index (χ0) is 26.9. The zero-order valence-corrected chi connectivity index (χ0v) is 23.5. The number of nitrogens with one attached hydrogen (secondary N) is 3. The van der Waals surface area contributed by atoms with E-state index < -0.39 is 10.0 Å². The van der Waals surface area contributed by atoms with Gasteiger partial charge in [-0.25, -0.2) is 22.5 Å². The van der Waals surface area contributed by atoms with Crippen LogP contribution in [0.3, 0.4) is 0 Å². The van der Waals surface area contributed by atoms with Gasteiger partial charge in [-0.3, -0.25) is 10.2 Å². The smallest absolute Gasteiger partial charge is 0.314 e. The molecule has 4 N–H and O–H groups in total. The standard InChI is InChI=1S/C26H46N6O5S/c1-27-26(35)29-21-2-4-22(5-3-21)38(36,37)31-11-7-19(8-12-31)20-9-13-32-24(14-20)23(15-28-32)25(34)30-10-6-18(16-30)17-33/h18-24,28,33H,2-17H2,1H3,(H2,27,29,35). The molecule has 11 nitrogen and oxygen atoms in total. The van der Waals surface area contributed by atoms with Gasteiger partial charge in [0.15, 0.2) is 0 Å². The van der Waals surface area contributed by atoms with E-state index in [1.807, 2.05) is 4.90 Å². The van der Waals surface area contributed by atoms with Gasteiger partial charge in [-0.1, -0.05) is 0 Å². The van der Waals surface area contributed by atoms with Crippen molar-refractivity contribution in [1.29, 1.82) is 0 Å². The van der Waals surface area contributed by atoms with E-state index in [1.54, 1.807) is 11.4 Å². The first kappa shape index (κ1) is 28.1. The fourth-order valence-electron chi connectivity index (χ4n) is 7.63. The topological polar surface area (TPSA) is 134 Å². The molecule has 4 atom stereocenters. The number of fused-ring (bicyclic) bond motifs is 1. The maximum absolute atomic E-state index is 13.4. The van der Waals surface area contributed by atoms with Crippen molar-refractivity contribution in [3.8, 4) is 0 Å². The number of carbonyl (C=O) groups is 2. The Labute approximate surface area is 227 Å². The summed E-state index contributed by atoms with van der Waals surface area (Å²) < 4.78 is 28.5. The average molecular weight is 555 g/mol. The van der Waals surface area contributed by atoms with E-state index in [-0.39, 0.29) is 47.7 Å². The number of hydrazine groups is 1. The monoisotopic (exact) mass is 554 g/mol. The van der Waals surface area contributed by atoms with Gasteiger partial charge in [-0.15, -0.1) is 0 Å². The molecule has 4 aliphatic heterocycles. The molecular weight excluding hydrogens is 508 g/mol. The molecule has 5 rings (SSSR count). The zero-order valence-electron chi connectivity index (χ0n) is 22.7. The molecule has 1 aliphatic carbocycles. The van der Waals surface area contributed by atoms with E-state index in [9.17, 15) is 23.1 Å². The number of hydrogen-bond donors (Lipinski definition) is 4. The van der Waals surface area contributed by atoms with Gasteiger partial charge in [0.05, 0.1) is 11.2 Å². The van der Waals surface area contributed by atoms with Crippen LogP contribution in [0, 0.1) is 23.7 Å². The molecule has 4 unspecified atom stereocenters. The van der Waals surface area contributed by atoms with Crippen molar-refractivity contribution in [2.75, 3.05) is 52.9 Å². The highest BCUT2D eigenvalue weighted by Gasteiger charge is 2.46. The number of carbonyl (C=O) groups excluding carboxylic acids is 2. The van der Waals surface area contributed by atoms with Crippen LogP contribution in [-0.2, 0) is 14.8 Å². The molecule has 4 saturated heterocycles. The number of piperidine rings is 2. The van der Waals surface area contributed by atoms with Crippen LogP contribution in [0.5, 0.6) is 0 Å². The predicted molar refractivity (Wildman–Crippen MR) is 143 cm³/mol. The van der Waals surface area contributed by atoms with Gasteiger partial charge in [0.1, 0.15) is 0 Å². The number of urea groups is 1. The van der Waals surface area contributed by atoms with Gasteiger partial charge >= 0.3 is 6.03 Å². The van der Waals surface area contributed by atoms with Crippen molar-refractivity contribution in [1.82, 2.24) is 30.3 Å². The molecule has 216 valence electrons. The van der Waals surface area contributed by atoms with E-state index in [1.165, 1.54) is 0 Å². The van der Waals surface area contributed by atoms with Crippen LogP contribution < -0.4 is 16.1 Å². The molecule has 0 bridgehead atoms. The van der Waals surface area contributed by atoms with Crippen molar-refractivity contribution in [2.45, 2.75) is 75.1 Å². The first-order valence-electron chi connectivity index (χ1n) is 14.7. The molecule has 3 amide bonds. The summed E-state index contributed by atoms with van der Waals surface area (Å²) in [6.45, 7) is 4.36.